The topological polar surface area (TPSA) is 41.5 Å². The minimum absolute atomic E-state index is 0.119. The Hall–Kier alpha value is -0.330. The molecule has 128 valence electrons. The fourth-order valence-electron chi connectivity index (χ4n) is 2.02. The molecular weight excluding hydrogens is 283 g/mol. The molecule has 0 aliphatic heterocycles. The van der Waals surface area contributed by atoms with E-state index in [1.165, 1.54) is 32.6 Å². The number of aliphatic hydroxyl groups is 1. The summed E-state index contributed by atoms with van der Waals surface area (Å²) in [5.74, 6) is 0. The predicted octanol–water partition coefficient (Wildman–Crippen LogP) is 3.65. The molecule has 2 atom stereocenters. The highest BCUT2D eigenvalue weighted by Gasteiger charge is 2.29. The van der Waals surface area contributed by atoms with Gasteiger partial charge < -0.3 is 15.2 Å². The molecule has 0 saturated carbocycles. The van der Waals surface area contributed by atoms with E-state index in [9.17, 15) is 18.3 Å². The van der Waals surface area contributed by atoms with Gasteiger partial charge in [0, 0.05) is 19.2 Å². The van der Waals surface area contributed by atoms with E-state index in [2.05, 4.69) is 12.2 Å². The molecule has 0 aliphatic carbocycles. The lowest BCUT2D eigenvalue weighted by atomic mass is 10.1. The van der Waals surface area contributed by atoms with Gasteiger partial charge >= 0.3 is 6.18 Å². The van der Waals surface area contributed by atoms with Crippen molar-refractivity contribution >= 4 is 0 Å². The Labute approximate surface area is 126 Å². The second-order valence-corrected chi connectivity index (χ2v) is 5.63. The van der Waals surface area contributed by atoms with Gasteiger partial charge in [0.05, 0.1) is 19.1 Å². The maximum absolute atomic E-state index is 12.1. The maximum Gasteiger partial charge on any atom is 0.390 e. The second kappa shape index (κ2) is 12.2. The summed E-state index contributed by atoms with van der Waals surface area (Å²) in [6.07, 6.45) is 1.20. The van der Waals surface area contributed by atoms with Crippen molar-refractivity contribution in [2.75, 3.05) is 19.8 Å². The number of hydrogen-bond donors (Lipinski definition) is 2. The molecule has 2 unspecified atom stereocenters. The first-order valence-corrected chi connectivity index (χ1v) is 7.91. The molecule has 2 N–H and O–H groups in total. The lowest BCUT2D eigenvalue weighted by Crippen LogP contribution is -2.38. The summed E-state index contributed by atoms with van der Waals surface area (Å²) in [6, 6.07) is -0.696. The van der Waals surface area contributed by atoms with Crippen molar-refractivity contribution in [2.45, 2.75) is 77.1 Å². The van der Waals surface area contributed by atoms with Crippen LogP contribution in [0.4, 0.5) is 13.2 Å². The van der Waals surface area contributed by atoms with Crippen molar-refractivity contribution in [3.8, 4) is 0 Å². The van der Waals surface area contributed by atoms with Crippen LogP contribution in [0.5, 0.6) is 0 Å². The molecule has 0 rings (SSSR count). The third-order valence-electron chi connectivity index (χ3n) is 3.19. The van der Waals surface area contributed by atoms with E-state index < -0.39 is 24.7 Å². The van der Waals surface area contributed by atoms with Crippen molar-refractivity contribution in [3.05, 3.63) is 0 Å². The van der Waals surface area contributed by atoms with Crippen molar-refractivity contribution in [1.82, 2.24) is 5.32 Å². The summed E-state index contributed by atoms with van der Waals surface area (Å²) in [5, 5.41) is 12.3. The number of nitrogens with one attached hydrogen (secondary N) is 1. The molecule has 0 aliphatic rings. The van der Waals surface area contributed by atoms with Crippen molar-refractivity contribution in [1.29, 1.82) is 0 Å². The first kappa shape index (κ1) is 20.7. The van der Waals surface area contributed by atoms with Gasteiger partial charge in [0.15, 0.2) is 0 Å². The average Bonchev–Trinajstić information content (AvgIpc) is 2.37. The third-order valence-corrected chi connectivity index (χ3v) is 3.19. The van der Waals surface area contributed by atoms with Crippen LogP contribution in [0.1, 0.15) is 58.8 Å². The fourth-order valence-corrected chi connectivity index (χ4v) is 2.02. The molecule has 0 radical (unpaired) electrons. The summed E-state index contributed by atoms with van der Waals surface area (Å²) >= 11 is 0. The van der Waals surface area contributed by atoms with Gasteiger partial charge in [-0.3, -0.25) is 0 Å². The number of rotatable bonds is 13. The van der Waals surface area contributed by atoms with E-state index in [0.29, 0.717) is 6.61 Å². The van der Waals surface area contributed by atoms with Crippen molar-refractivity contribution in [2.24, 2.45) is 0 Å². The van der Waals surface area contributed by atoms with Gasteiger partial charge in [-0.2, -0.15) is 13.2 Å². The molecule has 0 fully saturated rings. The molecule has 21 heavy (non-hydrogen) atoms. The molecule has 0 saturated heterocycles. The van der Waals surface area contributed by atoms with Crippen LogP contribution in [0.2, 0.25) is 0 Å². The number of aliphatic hydroxyl groups excluding tert-OH is 1. The number of halogens is 3. The highest BCUT2D eigenvalue weighted by Crippen LogP contribution is 2.21. The fraction of sp³-hybridized carbons (Fsp3) is 1.00. The second-order valence-electron chi connectivity index (χ2n) is 5.63. The quantitative estimate of drug-likeness (QED) is 0.510. The van der Waals surface area contributed by atoms with Crippen LogP contribution >= 0.6 is 0 Å². The third kappa shape index (κ3) is 15.9. The van der Waals surface area contributed by atoms with E-state index in [1.54, 1.807) is 0 Å². The Morgan fingerprint density at radius 2 is 1.71 bits per heavy atom. The van der Waals surface area contributed by atoms with Crippen LogP contribution in [0.15, 0.2) is 0 Å². The molecule has 3 nitrogen and oxygen atoms in total. The molecule has 0 aromatic carbocycles. The average molecular weight is 313 g/mol. The van der Waals surface area contributed by atoms with Gasteiger partial charge in [-0.05, 0) is 13.3 Å². The Bertz CT molecular complexity index is 237. The zero-order chi connectivity index (χ0) is 16.1. The zero-order valence-electron chi connectivity index (χ0n) is 13.2. The lowest BCUT2D eigenvalue weighted by molar-refractivity contribution is -0.139. The van der Waals surface area contributed by atoms with E-state index in [4.69, 9.17) is 4.74 Å². The summed E-state index contributed by atoms with van der Waals surface area (Å²) < 4.78 is 41.6. The Balaban J connectivity index is 3.40. The largest absolute Gasteiger partial charge is 0.390 e. The molecule has 0 heterocycles. The lowest BCUT2D eigenvalue weighted by Gasteiger charge is -2.18. The number of ether oxygens (including phenoxy) is 1. The molecule has 0 spiro atoms. The van der Waals surface area contributed by atoms with E-state index >= 15 is 0 Å². The normalized spacial score (nSPS) is 15.1. The maximum atomic E-state index is 12.1. The van der Waals surface area contributed by atoms with Crippen molar-refractivity contribution in [3.63, 3.8) is 0 Å². The number of hydrogen-bond acceptors (Lipinski definition) is 3. The monoisotopic (exact) mass is 313 g/mol. The molecular formula is C15H30F3NO2. The minimum atomic E-state index is -4.17. The summed E-state index contributed by atoms with van der Waals surface area (Å²) in [5.41, 5.74) is 0. The molecule has 0 aromatic rings. The molecule has 6 heteroatoms. The standard InChI is InChI=1S/C15H30F3NO2/c1-3-4-5-6-7-8-9-21-12-14(20)11-19-13(2)10-15(16,17)18/h13-14,19-20H,3-12H2,1-2H3. The van der Waals surface area contributed by atoms with Crippen LogP contribution in [0, 0.1) is 0 Å². The van der Waals surface area contributed by atoms with E-state index in [1.807, 2.05) is 0 Å². The van der Waals surface area contributed by atoms with Gasteiger partial charge in [0.2, 0.25) is 0 Å². The van der Waals surface area contributed by atoms with Gasteiger partial charge in [-0.25, -0.2) is 0 Å². The van der Waals surface area contributed by atoms with Crippen molar-refractivity contribution < 1.29 is 23.0 Å². The summed E-state index contributed by atoms with van der Waals surface area (Å²) in [6.45, 7) is 4.52. The first-order valence-electron chi connectivity index (χ1n) is 7.91. The van der Waals surface area contributed by atoms with Gasteiger partial charge in [-0.15, -0.1) is 0 Å². The smallest absolute Gasteiger partial charge is 0.389 e. The van der Waals surface area contributed by atoms with Crippen LogP contribution in [-0.4, -0.2) is 43.2 Å². The first-order chi connectivity index (χ1) is 9.85. The highest BCUT2D eigenvalue weighted by atomic mass is 19.4. The summed E-state index contributed by atoms with van der Waals surface area (Å²) in [4.78, 5) is 0. The molecule has 0 bridgehead atoms. The van der Waals surface area contributed by atoms with E-state index in [0.717, 1.165) is 12.8 Å². The van der Waals surface area contributed by atoms with Crippen LogP contribution in [0.3, 0.4) is 0 Å². The highest BCUT2D eigenvalue weighted by molar-refractivity contribution is 4.68. The SMILES string of the molecule is CCCCCCCCOCC(O)CNC(C)CC(F)(F)F. The summed E-state index contributed by atoms with van der Waals surface area (Å²) in [7, 11) is 0. The zero-order valence-corrected chi connectivity index (χ0v) is 13.2. The predicted molar refractivity (Wildman–Crippen MR) is 78.3 cm³/mol. The van der Waals surface area contributed by atoms with Crippen LogP contribution in [-0.2, 0) is 4.74 Å². The van der Waals surface area contributed by atoms with Gasteiger partial charge in [0.1, 0.15) is 0 Å². The number of unbranched alkanes of at least 4 members (excludes halogenated alkanes) is 5. The van der Waals surface area contributed by atoms with Crippen LogP contribution in [0.25, 0.3) is 0 Å². The molecule has 0 aromatic heterocycles. The Morgan fingerprint density at radius 1 is 1.10 bits per heavy atom. The van der Waals surface area contributed by atoms with Crippen LogP contribution < -0.4 is 5.32 Å². The Morgan fingerprint density at radius 3 is 2.33 bits per heavy atom. The number of alkyl halides is 3. The Kier molecular flexibility index (Phi) is 12.0. The molecule has 0 amide bonds. The minimum Gasteiger partial charge on any atom is -0.389 e. The van der Waals surface area contributed by atoms with Gasteiger partial charge in [0.25, 0.3) is 0 Å². The van der Waals surface area contributed by atoms with Gasteiger partial charge in [-0.1, -0.05) is 39.0 Å². The van der Waals surface area contributed by atoms with E-state index in [-0.39, 0.29) is 13.2 Å².